The molecular formula is C18H18Cl2N2O2. The first kappa shape index (κ1) is 18.3. The van der Waals surface area contributed by atoms with Crippen molar-refractivity contribution in [3.63, 3.8) is 0 Å². The van der Waals surface area contributed by atoms with Crippen molar-refractivity contribution in [1.82, 2.24) is 5.32 Å². The Bertz CT molecular complexity index is 708. The minimum Gasteiger partial charge on any atom is -0.484 e. The van der Waals surface area contributed by atoms with Gasteiger partial charge in [-0.2, -0.15) is 0 Å². The molecule has 2 rings (SSSR count). The lowest BCUT2D eigenvalue weighted by atomic mass is 10.2. The highest BCUT2D eigenvalue weighted by atomic mass is 35.5. The predicted molar refractivity (Wildman–Crippen MR) is 98.9 cm³/mol. The second-order valence-corrected chi connectivity index (χ2v) is 6.34. The molecule has 0 saturated carbocycles. The van der Waals surface area contributed by atoms with E-state index in [2.05, 4.69) is 10.3 Å². The molecule has 126 valence electrons. The highest BCUT2D eigenvalue weighted by Crippen LogP contribution is 2.24. The maximum Gasteiger partial charge on any atom is 0.258 e. The smallest absolute Gasteiger partial charge is 0.258 e. The van der Waals surface area contributed by atoms with Gasteiger partial charge in [-0.3, -0.25) is 9.79 Å². The van der Waals surface area contributed by atoms with Gasteiger partial charge in [-0.15, -0.1) is 0 Å². The molecule has 6 heteroatoms. The van der Waals surface area contributed by atoms with Crippen LogP contribution in [0.2, 0.25) is 10.0 Å². The molecule has 2 aromatic rings. The fraction of sp³-hybridized carbons (Fsp3) is 0.222. The van der Waals surface area contributed by atoms with Gasteiger partial charge < -0.3 is 10.1 Å². The standard InChI is InChI=1S/C18H18Cl2N2O2/c1-12(2)22-18(23)11-24-17-5-3-13(4-6-17)10-21-16-8-14(19)7-15(20)9-16/h3-10,12H,11H2,1-2H3,(H,22,23). The lowest BCUT2D eigenvalue weighted by Crippen LogP contribution is -2.34. The largest absolute Gasteiger partial charge is 0.484 e. The van der Waals surface area contributed by atoms with Crippen LogP contribution in [0, 0.1) is 0 Å². The van der Waals surface area contributed by atoms with E-state index in [0.717, 1.165) is 5.56 Å². The molecule has 0 heterocycles. The molecule has 0 radical (unpaired) electrons. The van der Waals surface area contributed by atoms with E-state index in [9.17, 15) is 4.79 Å². The fourth-order valence-corrected chi connectivity index (χ4v) is 2.44. The van der Waals surface area contributed by atoms with E-state index in [1.165, 1.54) is 0 Å². The summed E-state index contributed by atoms with van der Waals surface area (Å²) >= 11 is 11.9. The van der Waals surface area contributed by atoms with E-state index in [1.54, 1.807) is 36.5 Å². The average molecular weight is 365 g/mol. The molecule has 0 fully saturated rings. The summed E-state index contributed by atoms with van der Waals surface area (Å²) in [6.45, 7) is 3.80. The van der Waals surface area contributed by atoms with Crippen molar-refractivity contribution in [2.24, 2.45) is 4.99 Å². The molecule has 1 amide bonds. The SMILES string of the molecule is CC(C)NC(=O)COc1ccc(C=Nc2cc(Cl)cc(Cl)c2)cc1. The third-order valence-electron chi connectivity index (χ3n) is 2.91. The zero-order chi connectivity index (χ0) is 17.5. The Balaban J connectivity index is 1.94. The average Bonchev–Trinajstić information content (AvgIpc) is 2.50. The van der Waals surface area contributed by atoms with Crippen molar-refractivity contribution in [3.05, 3.63) is 58.1 Å². The van der Waals surface area contributed by atoms with E-state index in [0.29, 0.717) is 21.5 Å². The fourth-order valence-electron chi connectivity index (χ4n) is 1.93. The Hall–Kier alpha value is -2.04. The Morgan fingerprint density at radius 1 is 1.17 bits per heavy atom. The van der Waals surface area contributed by atoms with Gasteiger partial charge in [-0.1, -0.05) is 23.2 Å². The van der Waals surface area contributed by atoms with Crippen LogP contribution < -0.4 is 10.1 Å². The number of carbonyl (C=O) groups excluding carboxylic acids is 1. The van der Waals surface area contributed by atoms with Crippen LogP contribution in [0.25, 0.3) is 0 Å². The second-order valence-electron chi connectivity index (χ2n) is 5.47. The van der Waals surface area contributed by atoms with Crippen LogP contribution in [0.5, 0.6) is 5.75 Å². The van der Waals surface area contributed by atoms with Gasteiger partial charge in [0.05, 0.1) is 5.69 Å². The van der Waals surface area contributed by atoms with Gasteiger partial charge in [0.25, 0.3) is 5.91 Å². The number of amides is 1. The number of aliphatic imine (C=N–C) groups is 1. The van der Waals surface area contributed by atoms with Crippen LogP contribution in [0.4, 0.5) is 5.69 Å². The monoisotopic (exact) mass is 364 g/mol. The van der Waals surface area contributed by atoms with Crippen LogP contribution in [0.3, 0.4) is 0 Å². The van der Waals surface area contributed by atoms with Crippen LogP contribution >= 0.6 is 23.2 Å². The van der Waals surface area contributed by atoms with Gasteiger partial charge in [0.15, 0.2) is 6.61 Å². The number of nitrogens with one attached hydrogen (secondary N) is 1. The highest BCUT2D eigenvalue weighted by Gasteiger charge is 2.04. The van der Waals surface area contributed by atoms with Crippen molar-refractivity contribution < 1.29 is 9.53 Å². The molecule has 0 bridgehead atoms. The number of halogens is 2. The number of ether oxygens (including phenoxy) is 1. The summed E-state index contributed by atoms with van der Waals surface area (Å²) in [7, 11) is 0. The summed E-state index contributed by atoms with van der Waals surface area (Å²) in [5.41, 5.74) is 1.57. The van der Waals surface area contributed by atoms with E-state index in [1.807, 2.05) is 26.0 Å². The minimum absolute atomic E-state index is 0.00731. The van der Waals surface area contributed by atoms with Crippen LogP contribution in [-0.4, -0.2) is 24.8 Å². The van der Waals surface area contributed by atoms with Crippen molar-refractivity contribution in [3.8, 4) is 5.75 Å². The number of benzene rings is 2. The molecule has 0 aliphatic carbocycles. The minimum atomic E-state index is -0.145. The molecule has 4 nitrogen and oxygen atoms in total. The summed E-state index contributed by atoms with van der Waals surface area (Å²) in [6, 6.07) is 12.5. The van der Waals surface area contributed by atoms with Crippen LogP contribution in [-0.2, 0) is 4.79 Å². The first-order valence-electron chi connectivity index (χ1n) is 7.45. The molecule has 0 aliphatic heterocycles. The normalized spacial score (nSPS) is 11.0. The molecule has 0 saturated heterocycles. The zero-order valence-corrected chi connectivity index (χ0v) is 14.9. The predicted octanol–water partition coefficient (Wildman–Crippen LogP) is 4.65. The van der Waals surface area contributed by atoms with E-state index in [4.69, 9.17) is 27.9 Å². The van der Waals surface area contributed by atoms with E-state index >= 15 is 0 Å². The maximum absolute atomic E-state index is 11.5. The van der Waals surface area contributed by atoms with Crippen molar-refractivity contribution in [2.75, 3.05) is 6.61 Å². The number of hydrogen-bond donors (Lipinski definition) is 1. The number of carbonyl (C=O) groups is 1. The van der Waals surface area contributed by atoms with Crippen LogP contribution in [0.15, 0.2) is 47.5 Å². The third-order valence-corrected chi connectivity index (χ3v) is 3.35. The molecular weight excluding hydrogens is 347 g/mol. The van der Waals surface area contributed by atoms with Gasteiger partial charge in [0, 0.05) is 22.3 Å². The molecule has 0 atom stereocenters. The summed E-state index contributed by atoms with van der Waals surface area (Å²) in [6.07, 6.45) is 1.71. The summed E-state index contributed by atoms with van der Waals surface area (Å²) in [5, 5.41) is 3.85. The molecule has 1 N–H and O–H groups in total. The summed E-state index contributed by atoms with van der Waals surface area (Å²) < 4.78 is 5.43. The molecule has 2 aromatic carbocycles. The third kappa shape index (κ3) is 6.22. The quantitative estimate of drug-likeness (QED) is 0.758. The Morgan fingerprint density at radius 3 is 2.38 bits per heavy atom. The lowest BCUT2D eigenvalue weighted by Gasteiger charge is -2.09. The summed E-state index contributed by atoms with van der Waals surface area (Å²) in [4.78, 5) is 15.9. The van der Waals surface area contributed by atoms with Gasteiger partial charge in [0.2, 0.25) is 0 Å². The zero-order valence-electron chi connectivity index (χ0n) is 13.4. The highest BCUT2D eigenvalue weighted by molar-refractivity contribution is 6.35. The van der Waals surface area contributed by atoms with Gasteiger partial charge in [-0.05, 0) is 61.9 Å². The number of nitrogens with zero attached hydrogens (tertiary/aromatic N) is 1. The van der Waals surface area contributed by atoms with Crippen molar-refractivity contribution >= 4 is 41.0 Å². The first-order valence-corrected chi connectivity index (χ1v) is 8.20. The topological polar surface area (TPSA) is 50.7 Å². The van der Waals surface area contributed by atoms with Crippen LogP contribution in [0.1, 0.15) is 19.4 Å². The number of hydrogen-bond acceptors (Lipinski definition) is 3. The molecule has 0 unspecified atom stereocenters. The second kappa shape index (κ2) is 8.71. The van der Waals surface area contributed by atoms with Crippen molar-refractivity contribution in [2.45, 2.75) is 19.9 Å². The van der Waals surface area contributed by atoms with Gasteiger partial charge in [-0.25, -0.2) is 0 Å². The lowest BCUT2D eigenvalue weighted by molar-refractivity contribution is -0.123. The Labute approximate surface area is 151 Å². The summed E-state index contributed by atoms with van der Waals surface area (Å²) in [5.74, 6) is 0.477. The maximum atomic E-state index is 11.5. The van der Waals surface area contributed by atoms with E-state index in [-0.39, 0.29) is 18.6 Å². The van der Waals surface area contributed by atoms with Crippen molar-refractivity contribution in [1.29, 1.82) is 0 Å². The first-order chi connectivity index (χ1) is 11.4. The van der Waals surface area contributed by atoms with Gasteiger partial charge >= 0.3 is 0 Å². The molecule has 0 aromatic heterocycles. The molecule has 0 aliphatic rings. The Morgan fingerprint density at radius 2 is 1.79 bits per heavy atom. The van der Waals surface area contributed by atoms with E-state index < -0.39 is 0 Å². The molecule has 24 heavy (non-hydrogen) atoms. The number of rotatable bonds is 6. The molecule has 0 spiro atoms. The Kier molecular flexibility index (Phi) is 6.64. The van der Waals surface area contributed by atoms with Gasteiger partial charge in [0.1, 0.15) is 5.75 Å².